The molecule has 3 aromatic rings. The molecule has 234 valence electrons. The number of thiazole rings is 1. The second-order valence-corrected chi connectivity index (χ2v) is 15.5. The summed E-state index contributed by atoms with van der Waals surface area (Å²) in [6, 6.07) is 13.4. The number of aliphatic carboxylic acids is 1. The lowest BCUT2D eigenvalue weighted by atomic mass is 9.68. The van der Waals surface area contributed by atoms with Gasteiger partial charge in [0, 0.05) is 31.8 Å². The summed E-state index contributed by atoms with van der Waals surface area (Å²) in [5.74, 6) is -4.24. The lowest BCUT2D eigenvalue weighted by Crippen LogP contribution is -2.49. The molecular formula is C32H30BrN3O7S2. The fourth-order valence-corrected chi connectivity index (χ4v) is 11.4. The van der Waals surface area contributed by atoms with Gasteiger partial charge in [0.05, 0.1) is 16.9 Å². The van der Waals surface area contributed by atoms with E-state index in [9.17, 15) is 29.1 Å². The van der Waals surface area contributed by atoms with Crippen molar-refractivity contribution in [2.45, 2.75) is 42.5 Å². The van der Waals surface area contributed by atoms with E-state index >= 15 is 0 Å². The molecule has 3 fully saturated rings. The van der Waals surface area contributed by atoms with Crippen LogP contribution in [0.1, 0.15) is 36.6 Å². The number of H-pyrrole nitrogens is 1. The van der Waals surface area contributed by atoms with Crippen LogP contribution in [-0.4, -0.2) is 56.6 Å². The normalized spacial score (nSPS) is 28.5. The Labute approximate surface area is 275 Å². The summed E-state index contributed by atoms with van der Waals surface area (Å²) in [6.07, 6.45) is 0.668. The van der Waals surface area contributed by atoms with E-state index in [1.54, 1.807) is 43.8 Å². The van der Waals surface area contributed by atoms with Crippen molar-refractivity contribution in [1.29, 1.82) is 0 Å². The number of ether oxygens (including phenoxy) is 1. The van der Waals surface area contributed by atoms with Crippen LogP contribution in [0.25, 0.3) is 0 Å². The Bertz CT molecular complexity index is 1780. The predicted octanol–water partition coefficient (Wildman–Crippen LogP) is 4.80. The number of hydrogen-bond donors (Lipinski definition) is 3. The second kappa shape index (κ2) is 11.4. The molecule has 8 atom stereocenters. The average molecular weight is 713 g/mol. The maximum atomic E-state index is 14.0. The number of imide groups is 1. The topological polar surface area (TPSA) is 146 Å². The number of fused-ring (bicyclic) bond motifs is 9. The van der Waals surface area contributed by atoms with Crippen molar-refractivity contribution in [3.8, 4) is 5.75 Å². The molecule has 45 heavy (non-hydrogen) atoms. The number of carboxylic acid groups (broad SMARTS) is 1. The number of thioether (sulfide) groups is 1. The molecule has 7 rings (SSSR count). The summed E-state index contributed by atoms with van der Waals surface area (Å²) in [7, 11) is 0. The molecule has 7 unspecified atom stereocenters. The third-order valence-corrected chi connectivity index (χ3v) is 12.7. The first-order valence-corrected chi connectivity index (χ1v) is 17.3. The first-order valence-electron chi connectivity index (χ1n) is 14.8. The first-order chi connectivity index (χ1) is 21.5. The summed E-state index contributed by atoms with van der Waals surface area (Å²) in [4.78, 5) is 70.1. The highest BCUT2D eigenvalue weighted by Gasteiger charge is 2.70. The first kappa shape index (κ1) is 30.2. The van der Waals surface area contributed by atoms with Crippen LogP contribution in [-0.2, 0) is 19.2 Å². The number of rotatable bonds is 8. The van der Waals surface area contributed by atoms with Gasteiger partial charge in [-0.25, -0.2) is 4.79 Å². The van der Waals surface area contributed by atoms with Crippen molar-refractivity contribution in [2.75, 3.05) is 11.9 Å². The van der Waals surface area contributed by atoms with Crippen LogP contribution in [0.5, 0.6) is 5.75 Å². The highest BCUT2D eigenvalue weighted by Crippen LogP contribution is 2.69. The third-order valence-electron chi connectivity index (χ3n) is 9.64. The number of benzene rings is 2. The number of amides is 3. The number of nitrogens with one attached hydrogen (secondary N) is 2. The summed E-state index contributed by atoms with van der Waals surface area (Å²) in [6.45, 7) is 3.17. The zero-order chi connectivity index (χ0) is 31.7. The lowest BCUT2D eigenvalue weighted by Gasteiger charge is -2.43. The van der Waals surface area contributed by atoms with E-state index in [4.69, 9.17) is 4.74 Å². The van der Waals surface area contributed by atoms with Gasteiger partial charge >= 0.3 is 10.8 Å². The number of nitrogens with zero attached hydrogens (tertiary/aromatic N) is 1. The fourth-order valence-electron chi connectivity index (χ4n) is 8.11. The van der Waals surface area contributed by atoms with E-state index in [1.807, 2.05) is 30.3 Å². The minimum Gasteiger partial charge on any atom is -0.483 e. The molecule has 2 aliphatic carbocycles. The molecule has 4 aliphatic rings. The smallest absolute Gasteiger partial charge is 0.327 e. The van der Waals surface area contributed by atoms with Gasteiger partial charge in [0.15, 0.2) is 6.61 Å². The number of para-hydroxylation sites is 1. The second-order valence-electron chi connectivity index (χ2n) is 12.4. The zero-order valence-corrected chi connectivity index (χ0v) is 27.5. The molecule has 2 saturated carbocycles. The van der Waals surface area contributed by atoms with Crippen LogP contribution >= 0.6 is 39.0 Å². The minimum absolute atomic E-state index is 0.0776. The van der Waals surface area contributed by atoms with Crippen molar-refractivity contribution in [3.63, 3.8) is 0 Å². The number of hydrogen-bond acceptors (Lipinski definition) is 8. The van der Waals surface area contributed by atoms with E-state index in [1.165, 1.54) is 0 Å². The van der Waals surface area contributed by atoms with E-state index in [0.29, 0.717) is 17.9 Å². The Morgan fingerprint density at radius 3 is 2.49 bits per heavy atom. The molecule has 2 aromatic carbocycles. The van der Waals surface area contributed by atoms with Crippen molar-refractivity contribution in [1.82, 2.24) is 9.88 Å². The van der Waals surface area contributed by atoms with Gasteiger partial charge in [-0.2, -0.15) is 0 Å². The molecule has 2 aliphatic heterocycles. The van der Waals surface area contributed by atoms with Crippen LogP contribution in [0.3, 0.4) is 0 Å². The lowest BCUT2D eigenvalue weighted by molar-refractivity contribution is -0.157. The predicted molar refractivity (Wildman–Crippen MR) is 171 cm³/mol. The van der Waals surface area contributed by atoms with Crippen LogP contribution in [0.4, 0.5) is 5.69 Å². The van der Waals surface area contributed by atoms with Gasteiger partial charge in [-0.05, 0) is 60.4 Å². The van der Waals surface area contributed by atoms with Gasteiger partial charge in [0.1, 0.15) is 11.8 Å². The highest BCUT2D eigenvalue weighted by atomic mass is 79.9. The maximum absolute atomic E-state index is 14.0. The zero-order valence-electron chi connectivity index (χ0n) is 24.3. The van der Waals surface area contributed by atoms with Crippen molar-refractivity contribution >= 4 is 68.4 Å². The van der Waals surface area contributed by atoms with Gasteiger partial charge in [-0.15, -0.1) is 11.8 Å². The van der Waals surface area contributed by atoms with Crippen LogP contribution < -0.4 is 14.9 Å². The molecule has 1 saturated heterocycles. The number of carbonyl (C=O) groups excluding carboxylic acids is 3. The van der Waals surface area contributed by atoms with Gasteiger partial charge in [0.25, 0.3) is 5.91 Å². The van der Waals surface area contributed by atoms with Crippen molar-refractivity contribution in [3.05, 3.63) is 73.1 Å². The molecule has 0 radical (unpaired) electrons. The number of likely N-dealkylation sites (tertiary alicyclic amines) is 1. The Balaban J connectivity index is 1.25. The molecule has 2 bridgehead atoms. The number of carboxylic acids is 1. The van der Waals surface area contributed by atoms with E-state index in [2.05, 4.69) is 26.2 Å². The summed E-state index contributed by atoms with van der Waals surface area (Å²) in [5.41, 5.74) is 1.44. The molecule has 0 spiro atoms. The molecule has 10 nitrogen and oxygen atoms in total. The Morgan fingerprint density at radius 1 is 1.09 bits per heavy atom. The third kappa shape index (κ3) is 4.94. The molecule has 3 N–H and O–H groups in total. The van der Waals surface area contributed by atoms with Gasteiger partial charge in [-0.3, -0.25) is 24.1 Å². The Hall–Kier alpha value is -3.42. The molecular weight excluding hydrogens is 682 g/mol. The molecule has 1 aromatic heterocycles. The number of halogens is 1. The summed E-state index contributed by atoms with van der Waals surface area (Å²) >= 11 is 6.27. The minimum atomic E-state index is -1.22. The SMILES string of the molecule is CC(C)C(C(=O)O)N1C(=O)C2C3CC(C2C1=O)C1C3Sc2[nH]c(=O)sc2[C@@H]1c1cc(Br)ccc1OCC(=O)Nc1ccccc1. The van der Waals surface area contributed by atoms with Crippen LogP contribution in [0, 0.1) is 35.5 Å². The van der Waals surface area contributed by atoms with Crippen molar-refractivity contribution < 1.29 is 29.0 Å². The summed E-state index contributed by atoms with van der Waals surface area (Å²) < 4.78 is 6.93. The quantitative estimate of drug-likeness (QED) is 0.283. The molecule has 3 heterocycles. The fraction of sp³-hybridized carbons (Fsp3) is 0.406. The highest BCUT2D eigenvalue weighted by molar-refractivity contribution is 9.10. The maximum Gasteiger partial charge on any atom is 0.327 e. The Kier molecular flexibility index (Phi) is 7.68. The van der Waals surface area contributed by atoms with Crippen LogP contribution in [0.15, 0.2) is 62.8 Å². The summed E-state index contributed by atoms with van der Waals surface area (Å²) in [5, 5.41) is 13.5. The molecule has 3 amide bonds. The van der Waals surface area contributed by atoms with Crippen molar-refractivity contribution in [2.24, 2.45) is 35.5 Å². The largest absolute Gasteiger partial charge is 0.483 e. The number of aromatic amines is 1. The Morgan fingerprint density at radius 2 is 1.80 bits per heavy atom. The van der Waals surface area contributed by atoms with Gasteiger partial charge < -0.3 is 20.1 Å². The number of aromatic nitrogens is 1. The number of carbonyl (C=O) groups is 4. The van der Waals surface area contributed by atoms with E-state index in [0.717, 1.165) is 36.2 Å². The van der Waals surface area contributed by atoms with Crippen LogP contribution in [0.2, 0.25) is 0 Å². The monoisotopic (exact) mass is 711 g/mol. The van der Waals surface area contributed by atoms with E-state index in [-0.39, 0.29) is 46.3 Å². The molecule has 13 heteroatoms. The number of anilines is 1. The van der Waals surface area contributed by atoms with Gasteiger partial charge in [-0.1, -0.05) is 59.3 Å². The standard InChI is InChI=1S/C32H30BrN3O7S2/c1-13(2)25(31(40)41)36-29(38)23-17-11-18(24(23)30(36)39)26-22(17)21(27-28(44-26)35-32(42)45-27)16-10-14(33)8-9-19(16)43-12-20(37)34-15-6-4-3-5-7-15/h3-10,13,17-18,21-26H,11-12H2,1-2H3,(H,34,37)(H,35,42)(H,40,41)/t17?,18?,21-,22?,23?,24?,25?,26?/m1/s1. The average Bonchev–Trinajstić information content (AvgIpc) is 3.73. The van der Waals surface area contributed by atoms with Gasteiger partial charge in [0.2, 0.25) is 11.8 Å². The van der Waals surface area contributed by atoms with E-state index < -0.39 is 41.6 Å².